The highest BCUT2D eigenvalue weighted by atomic mass is 31.2. The fourth-order valence-corrected chi connectivity index (χ4v) is 5.55. The second kappa shape index (κ2) is 8.69. The summed E-state index contributed by atoms with van der Waals surface area (Å²) in [5.74, 6) is -2.38. The van der Waals surface area contributed by atoms with Crippen LogP contribution in [0.2, 0.25) is 0 Å². The largest absolute Gasteiger partial charge is 0.480 e. The Kier molecular flexibility index (Phi) is 6.88. The van der Waals surface area contributed by atoms with Gasteiger partial charge in [-0.15, -0.1) is 6.42 Å². The lowest BCUT2D eigenvalue weighted by molar-refractivity contribution is -0.144. The highest BCUT2D eigenvalue weighted by Gasteiger charge is 2.62. The maximum Gasteiger partial charge on any atom is 0.327 e. The average Bonchev–Trinajstić information content (AvgIpc) is 2.68. The molecule has 0 aliphatic rings. The molecule has 1 aromatic heterocycles. The van der Waals surface area contributed by atoms with Crippen molar-refractivity contribution in [1.82, 2.24) is 4.98 Å². The van der Waals surface area contributed by atoms with Gasteiger partial charge in [-0.25, -0.2) is 4.39 Å². The molecule has 0 saturated carbocycles. The first-order valence-corrected chi connectivity index (χ1v) is 10.9. The number of aryl methyl sites for hydroxylation is 1. The molecular weight excluding hydrogens is 408 g/mol. The molecule has 2 rings (SSSR count). The predicted octanol–water partition coefficient (Wildman–Crippen LogP) is 4.50. The van der Waals surface area contributed by atoms with Crippen LogP contribution in [0, 0.1) is 24.8 Å². The number of hydrogen-bond donors (Lipinski definition) is 2. The minimum absolute atomic E-state index is 0.000316. The van der Waals surface area contributed by atoms with Gasteiger partial charge in [0.05, 0.1) is 6.10 Å². The van der Waals surface area contributed by atoms with Crippen LogP contribution in [0.5, 0.6) is 0 Å². The molecule has 2 aromatic rings. The van der Waals surface area contributed by atoms with E-state index in [1.54, 1.807) is 26.8 Å². The van der Waals surface area contributed by atoms with Gasteiger partial charge in [-0.1, -0.05) is 26.0 Å². The van der Waals surface area contributed by atoms with Crippen LogP contribution in [0.15, 0.2) is 30.3 Å². The fourth-order valence-electron chi connectivity index (χ4n) is 3.68. The van der Waals surface area contributed by atoms with Gasteiger partial charge in [0.1, 0.15) is 5.82 Å². The Labute approximate surface area is 175 Å². The quantitative estimate of drug-likeness (QED) is 0.493. The van der Waals surface area contributed by atoms with E-state index in [9.17, 15) is 24.0 Å². The zero-order chi connectivity index (χ0) is 22.9. The maximum atomic E-state index is 13.7. The molecule has 0 aliphatic heterocycles. The molecule has 6 nitrogen and oxygen atoms in total. The number of carbonyl (C=O) groups is 1. The molecule has 0 spiro atoms. The number of rotatable bonds is 7. The van der Waals surface area contributed by atoms with Gasteiger partial charge in [-0.05, 0) is 54.8 Å². The van der Waals surface area contributed by atoms with Crippen LogP contribution in [-0.4, -0.2) is 34.4 Å². The SMILES string of the molecule is C#CP(=O)(OC)C(C(=O)O)(c1c(-c2ccc(F)cc2)cc(C)nc1C(C)C)C(C)O. The number of aromatic nitrogens is 1. The van der Waals surface area contributed by atoms with Crippen LogP contribution < -0.4 is 0 Å². The van der Waals surface area contributed by atoms with Crippen LogP contribution >= 0.6 is 7.37 Å². The standard InChI is InChI=1S/C22H25FNO5P/c1-7-30(28,29-6)22(15(5)25,21(26)27)19-18(16-8-10-17(23)11-9-16)12-14(4)24-20(19)13(2)3/h1,8-13,15,25H,2-6H3,(H,26,27). The third-order valence-electron chi connectivity index (χ3n) is 5.08. The molecule has 1 aromatic carbocycles. The summed E-state index contributed by atoms with van der Waals surface area (Å²) >= 11 is 0. The molecule has 8 heteroatoms. The van der Waals surface area contributed by atoms with Crippen molar-refractivity contribution in [3.05, 3.63) is 53.1 Å². The van der Waals surface area contributed by atoms with E-state index in [4.69, 9.17) is 10.9 Å². The Morgan fingerprint density at radius 3 is 2.27 bits per heavy atom. The zero-order valence-electron chi connectivity index (χ0n) is 17.5. The summed E-state index contributed by atoms with van der Waals surface area (Å²) in [6.45, 7) is 6.52. The summed E-state index contributed by atoms with van der Waals surface area (Å²) in [7, 11) is -3.38. The molecule has 0 fully saturated rings. The van der Waals surface area contributed by atoms with Crippen molar-refractivity contribution in [3.8, 4) is 23.2 Å². The number of hydrogen-bond acceptors (Lipinski definition) is 5. The summed E-state index contributed by atoms with van der Waals surface area (Å²) in [4.78, 5) is 17.2. The number of pyridine rings is 1. The highest BCUT2D eigenvalue weighted by molar-refractivity contribution is 7.66. The van der Waals surface area contributed by atoms with Gasteiger partial charge in [0.15, 0.2) is 0 Å². The van der Waals surface area contributed by atoms with Crippen molar-refractivity contribution in [3.63, 3.8) is 0 Å². The normalized spacial score (nSPS) is 16.4. The third-order valence-corrected chi connectivity index (χ3v) is 7.65. The number of terminal acetylenes is 1. The van der Waals surface area contributed by atoms with Gasteiger partial charge >= 0.3 is 5.97 Å². The number of aliphatic hydroxyl groups excluding tert-OH is 1. The third kappa shape index (κ3) is 3.67. The van der Waals surface area contributed by atoms with Gasteiger partial charge in [-0.3, -0.25) is 14.3 Å². The molecule has 0 radical (unpaired) electrons. The molecule has 0 saturated heterocycles. The number of carboxylic acids is 1. The Morgan fingerprint density at radius 2 is 1.87 bits per heavy atom. The molecular formula is C22H25FNO5P. The number of aliphatic carboxylic acids is 1. The number of carboxylic acid groups (broad SMARTS) is 1. The lowest BCUT2D eigenvalue weighted by Crippen LogP contribution is -2.46. The highest BCUT2D eigenvalue weighted by Crippen LogP contribution is 2.66. The molecule has 0 amide bonds. The fraction of sp³-hybridized carbons (Fsp3) is 0.364. The summed E-state index contributed by atoms with van der Waals surface area (Å²) in [6, 6.07) is 7.00. The van der Waals surface area contributed by atoms with Crippen molar-refractivity contribution in [2.24, 2.45) is 0 Å². The minimum atomic E-state index is -4.43. The van der Waals surface area contributed by atoms with Crippen LogP contribution in [0.25, 0.3) is 11.1 Å². The average molecular weight is 433 g/mol. The van der Waals surface area contributed by atoms with Crippen molar-refractivity contribution in [2.75, 3.05) is 7.11 Å². The van der Waals surface area contributed by atoms with E-state index in [1.807, 2.05) is 5.66 Å². The number of aliphatic hydroxyl groups is 1. The van der Waals surface area contributed by atoms with Crippen molar-refractivity contribution >= 4 is 13.3 Å². The van der Waals surface area contributed by atoms with Crippen molar-refractivity contribution < 1.29 is 28.5 Å². The molecule has 30 heavy (non-hydrogen) atoms. The molecule has 3 unspecified atom stereocenters. The summed E-state index contributed by atoms with van der Waals surface area (Å²) in [5, 5.41) is 18.6. The summed E-state index contributed by atoms with van der Waals surface area (Å²) in [5.41, 5.74) is 3.68. The topological polar surface area (TPSA) is 96.7 Å². The van der Waals surface area contributed by atoms with Gasteiger partial charge in [0, 0.05) is 24.1 Å². The minimum Gasteiger partial charge on any atom is -0.480 e. The van der Waals surface area contributed by atoms with Crippen molar-refractivity contribution in [1.29, 1.82) is 0 Å². The van der Waals surface area contributed by atoms with Crippen LogP contribution in [0.3, 0.4) is 0 Å². The molecule has 1 heterocycles. The Morgan fingerprint density at radius 1 is 1.30 bits per heavy atom. The van der Waals surface area contributed by atoms with E-state index in [-0.39, 0.29) is 11.5 Å². The van der Waals surface area contributed by atoms with E-state index >= 15 is 0 Å². The molecule has 3 atom stereocenters. The Balaban J connectivity index is 3.19. The van der Waals surface area contributed by atoms with E-state index in [2.05, 4.69) is 4.98 Å². The number of benzene rings is 1. The summed E-state index contributed by atoms with van der Waals surface area (Å²) in [6.07, 6.45) is 3.80. The molecule has 0 aliphatic carbocycles. The van der Waals surface area contributed by atoms with Gasteiger partial charge in [0.25, 0.3) is 7.37 Å². The monoisotopic (exact) mass is 433 g/mol. The first-order valence-electron chi connectivity index (χ1n) is 9.29. The maximum absolute atomic E-state index is 13.7. The van der Waals surface area contributed by atoms with Crippen LogP contribution in [0.4, 0.5) is 4.39 Å². The smallest absolute Gasteiger partial charge is 0.327 e. The second-order valence-corrected chi connectivity index (χ2v) is 9.78. The first kappa shape index (κ1) is 23.8. The van der Waals surface area contributed by atoms with E-state index in [0.29, 0.717) is 22.5 Å². The molecule has 2 N–H and O–H groups in total. The lowest BCUT2D eigenvalue weighted by atomic mass is 9.82. The molecule has 0 bridgehead atoms. The second-order valence-electron chi connectivity index (χ2n) is 7.34. The molecule has 160 valence electrons. The Bertz CT molecular complexity index is 1040. The number of halogens is 1. The van der Waals surface area contributed by atoms with Crippen LogP contribution in [-0.2, 0) is 19.0 Å². The van der Waals surface area contributed by atoms with Gasteiger partial charge in [-0.2, -0.15) is 0 Å². The van der Waals surface area contributed by atoms with E-state index in [0.717, 1.165) is 7.11 Å². The van der Waals surface area contributed by atoms with Crippen LogP contribution in [0.1, 0.15) is 43.6 Å². The van der Waals surface area contributed by atoms with E-state index < -0.39 is 30.4 Å². The number of nitrogens with zero attached hydrogens (tertiary/aromatic N) is 1. The predicted molar refractivity (Wildman–Crippen MR) is 113 cm³/mol. The summed E-state index contributed by atoms with van der Waals surface area (Å²) < 4.78 is 32.3. The lowest BCUT2D eigenvalue weighted by Gasteiger charge is -2.38. The Hall–Kier alpha value is -2.52. The first-order chi connectivity index (χ1) is 14.0. The van der Waals surface area contributed by atoms with Gasteiger partial charge < -0.3 is 14.7 Å². The van der Waals surface area contributed by atoms with Crippen molar-refractivity contribution in [2.45, 2.75) is 44.9 Å². The van der Waals surface area contributed by atoms with Gasteiger partial charge in [0.2, 0.25) is 5.16 Å². The zero-order valence-corrected chi connectivity index (χ0v) is 18.4. The van der Waals surface area contributed by atoms with E-state index in [1.165, 1.54) is 31.2 Å².